The molecule has 0 aliphatic heterocycles. The molecule has 0 saturated carbocycles. The molecule has 0 saturated heterocycles. The fraction of sp³-hybridized carbons (Fsp3) is 0.750. The molecule has 0 aliphatic carbocycles. The lowest BCUT2D eigenvalue weighted by molar-refractivity contribution is -0.144. The monoisotopic (exact) mass is 189 g/mol. The fourth-order valence-corrected chi connectivity index (χ4v) is 0.887. The number of nitrogens with one attached hydrogen (secondary N) is 1. The molecular weight excluding hydrogens is 174 g/mol. The summed E-state index contributed by atoms with van der Waals surface area (Å²) in [5, 5.41) is 11.2. The van der Waals surface area contributed by atoms with Gasteiger partial charge in [0.15, 0.2) is 0 Å². The average molecular weight is 189 g/mol. The molecular formula is C8H15NO4. The summed E-state index contributed by atoms with van der Waals surface area (Å²) in [6, 6.07) is -0.676. The van der Waals surface area contributed by atoms with Crippen LogP contribution >= 0.6 is 0 Å². The second-order valence-electron chi connectivity index (χ2n) is 2.52. The Bertz CT molecular complexity index is 181. The Balaban J connectivity index is 3.72. The van der Waals surface area contributed by atoms with E-state index in [-0.39, 0.29) is 18.8 Å². The molecule has 0 spiro atoms. The molecule has 76 valence electrons. The highest BCUT2D eigenvalue weighted by atomic mass is 16.5. The van der Waals surface area contributed by atoms with E-state index in [1.807, 2.05) is 0 Å². The lowest BCUT2D eigenvalue weighted by Gasteiger charge is -2.09. The van der Waals surface area contributed by atoms with Crippen molar-refractivity contribution in [3.63, 3.8) is 0 Å². The van der Waals surface area contributed by atoms with Crippen LogP contribution in [0.25, 0.3) is 0 Å². The molecule has 13 heavy (non-hydrogen) atoms. The molecule has 0 rings (SSSR count). The summed E-state index contributed by atoms with van der Waals surface area (Å²) in [7, 11) is 1.55. The number of carbonyl (C=O) groups is 2. The van der Waals surface area contributed by atoms with Crippen LogP contribution < -0.4 is 5.32 Å². The number of carboxylic acids is 1. The van der Waals surface area contributed by atoms with Crippen molar-refractivity contribution < 1.29 is 19.4 Å². The Morgan fingerprint density at radius 1 is 1.54 bits per heavy atom. The van der Waals surface area contributed by atoms with E-state index >= 15 is 0 Å². The van der Waals surface area contributed by atoms with E-state index in [0.717, 1.165) is 0 Å². The van der Waals surface area contributed by atoms with Gasteiger partial charge in [0.05, 0.1) is 6.61 Å². The summed E-state index contributed by atoms with van der Waals surface area (Å²) in [6.07, 6.45) is 0.385. The largest absolute Gasteiger partial charge is 0.480 e. The first-order valence-corrected chi connectivity index (χ1v) is 4.17. The lowest BCUT2D eigenvalue weighted by atomic mass is 10.1. The zero-order valence-corrected chi connectivity index (χ0v) is 7.87. The predicted molar refractivity (Wildman–Crippen MR) is 46.4 cm³/mol. The van der Waals surface area contributed by atoms with E-state index in [4.69, 9.17) is 5.11 Å². The van der Waals surface area contributed by atoms with Gasteiger partial charge >= 0.3 is 11.9 Å². The zero-order valence-electron chi connectivity index (χ0n) is 7.87. The van der Waals surface area contributed by atoms with Crippen LogP contribution in [0.3, 0.4) is 0 Å². The van der Waals surface area contributed by atoms with Gasteiger partial charge < -0.3 is 15.2 Å². The van der Waals surface area contributed by atoms with Gasteiger partial charge in [-0.3, -0.25) is 9.59 Å². The number of hydrogen-bond acceptors (Lipinski definition) is 4. The van der Waals surface area contributed by atoms with E-state index in [1.165, 1.54) is 0 Å². The van der Waals surface area contributed by atoms with Crippen LogP contribution in [0.15, 0.2) is 0 Å². The minimum atomic E-state index is -0.952. The van der Waals surface area contributed by atoms with Crippen molar-refractivity contribution in [3.8, 4) is 0 Å². The number of hydrogen-bond donors (Lipinski definition) is 2. The van der Waals surface area contributed by atoms with E-state index < -0.39 is 12.0 Å². The molecule has 0 aromatic rings. The molecule has 0 amide bonds. The van der Waals surface area contributed by atoms with Crippen LogP contribution in [0.4, 0.5) is 0 Å². The quantitative estimate of drug-likeness (QED) is 0.575. The van der Waals surface area contributed by atoms with Crippen molar-refractivity contribution in [2.75, 3.05) is 13.7 Å². The number of ether oxygens (including phenoxy) is 1. The lowest BCUT2D eigenvalue weighted by Crippen LogP contribution is -2.34. The van der Waals surface area contributed by atoms with Crippen LogP contribution in [-0.4, -0.2) is 36.7 Å². The van der Waals surface area contributed by atoms with Crippen LogP contribution in [0, 0.1) is 0 Å². The number of carbonyl (C=O) groups excluding carboxylic acids is 1. The molecule has 0 fully saturated rings. The van der Waals surface area contributed by atoms with E-state index in [9.17, 15) is 9.59 Å². The first kappa shape index (κ1) is 11.9. The summed E-state index contributed by atoms with van der Waals surface area (Å²) < 4.78 is 4.66. The minimum Gasteiger partial charge on any atom is -0.480 e. The standard InChI is InChI=1S/C8H15NO4/c1-3-13-7(10)5-4-6(9-2)8(11)12/h6,9H,3-5H2,1-2H3,(H,11,12)/t6-/m1/s1. The van der Waals surface area contributed by atoms with Crippen molar-refractivity contribution in [3.05, 3.63) is 0 Å². The van der Waals surface area contributed by atoms with E-state index in [0.29, 0.717) is 6.61 Å². The van der Waals surface area contributed by atoms with Gasteiger partial charge in [-0.25, -0.2) is 0 Å². The fourth-order valence-electron chi connectivity index (χ4n) is 0.887. The van der Waals surface area contributed by atoms with Gasteiger partial charge in [0.2, 0.25) is 0 Å². The highest BCUT2D eigenvalue weighted by molar-refractivity contribution is 5.75. The number of rotatable bonds is 6. The van der Waals surface area contributed by atoms with Gasteiger partial charge in [0, 0.05) is 6.42 Å². The van der Waals surface area contributed by atoms with Gasteiger partial charge in [-0.2, -0.15) is 0 Å². The Hall–Kier alpha value is -1.10. The predicted octanol–water partition coefficient (Wildman–Crippen LogP) is 0.00230. The molecule has 0 aromatic heterocycles. The van der Waals surface area contributed by atoms with Crippen LogP contribution in [-0.2, 0) is 14.3 Å². The van der Waals surface area contributed by atoms with Crippen molar-refractivity contribution in [1.82, 2.24) is 5.32 Å². The molecule has 2 N–H and O–H groups in total. The Morgan fingerprint density at radius 3 is 2.54 bits per heavy atom. The molecule has 0 bridgehead atoms. The first-order valence-electron chi connectivity index (χ1n) is 4.17. The number of esters is 1. The smallest absolute Gasteiger partial charge is 0.320 e. The van der Waals surface area contributed by atoms with Gasteiger partial charge in [-0.1, -0.05) is 0 Å². The number of likely N-dealkylation sites (N-methyl/N-ethyl adjacent to an activating group) is 1. The summed E-state index contributed by atoms with van der Waals surface area (Å²) >= 11 is 0. The van der Waals surface area contributed by atoms with Gasteiger partial charge in [-0.15, -0.1) is 0 Å². The molecule has 0 aromatic carbocycles. The normalized spacial score (nSPS) is 12.2. The van der Waals surface area contributed by atoms with Gasteiger partial charge in [0.1, 0.15) is 6.04 Å². The highest BCUT2D eigenvalue weighted by Crippen LogP contribution is 1.98. The second kappa shape index (κ2) is 6.42. The Kier molecular flexibility index (Phi) is 5.88. The number of carboxylic acid groups (broad SMARTS) is 1. The second-order valence-corrected chi connectivity index (χ2v) is 2.52. The summed E-state index contributed by atoms with van der Waals surface area (Å²) in [4.78, 5) is 21.3. The molecule has 5 heteroatoms. The third-order valence-corrected chi connectivity index (χ3v) is 1.59. The SMILES string of the molecule is CCOC(=O)CC[C@@H](NC)C(=O)O. The van der Waals surface area contributed by atoms with E-state index in [2.05, 4.69) is 10.1 Å². The zero-order chi connectivity index (χ0) is 10.3. The van der Waals surface area contributed by atoms with Crippen molar-refractivity contribution in [1.29, 1.82) is 0 Å². The molecule has 0 heterocycles. The maximum absolute atomic E-state index is 10.8. The molecule has 0 aliphatic rings. The highest BCUT2D eigenvalue weighted by Gasteiger charge is 2.16. The molecule has 1 atom stereocenters. The molecule has 0 unspecified atom stereocenters. The van der Waals surface area contributed by atoms with Crippen LogP contribution in [0.1, 0.15) is 19.8 Å². The van der Waals surface area contributed by atoms with Crippen LogP contribution in [0.2, 0.25) is 0 Å². The van der Waals surface area contributed by atoms with Crippen molar-refractivity contribution >= 4 is 11.9 Å². The van der Waals surface area contributed by atoms with Crippen molar-refractivity contribution in [2.24, 2.45) is 0 Å². The van der Waals surface area contributed by atoms with Crippen molar-refractivity contribution in [2.45, 2.75) is 25.8 Å². The topological polar surface area (TPSA) is 75.6 Å². The van der Waals surface area contributed by atoms with Gasteiger partial charge in [-0.05, 0) is 20.4 Å². The maximum atomic E-state index is 10.8. The molecule has 5 nitrogen and oxygen atoms in total. The third-order valence-electron chi connectivity index (χ3n) is 1.59. The first-order chi connectivity index (χ1) is 6.11. The van der Waals surface area contributed by atoms with Crippen LogP contribution in [0.5, 0.6) is 0 Å². The maximum Gasteiger partial charge on any atom is 0.320 e. The average Bonchev–Trinajstić information content (AvgIpc) is 2.05. The third kappa shape index (κ3) is 5.19. The summed E-state index contributed by atoms with van der Waals surface area (Å²) in [5.74, 6) is -1.31. The summed E-state index contributed by atoms with van der Waals surface area (Å²) in [5.41, 5.74) is 0. The Labute approximate surface area is 77.1 Å². The van der Waals surface area contributed by atoms with E-state index in [1.54, 1.807) is 14.0 Å². The summed E-state index contributed by atoms with van der Waals surface area (Å²) in [6.45, 7) is 2.04. The Morgan fingerprint density at radius 2 is 2.15 bits per heavy atom. The van der Waals surface area contributed by atoms with Gasteiger partial charge in [0.25, 0.3) is 0 Å². The number of aliphatic carboxylic acids is 1. The molecule has 0 radical (unpaired) electrons. The minimum absolute atomic E-state index is 0.131.